The number of ether oxygens (including phenoxy) is 4. The van der Waals surface area contributed by atoms with Crippen LogP contribution in [-0.2, 0) is 70.1 Å². The fourth-order valence-electron chi connectivity index (χ4n) is 6.72. The molecule has 1 aliphatic heterocycles. The maximum absolute atomic E-state index is 14.3. The van der Waals surface area contributed by atoms with Gasteiger partial charge in [0.15, 0.2) is 24.4 Å². The van der Waals surface area contributed by atoms with Gasteiger partial charge in [-0.3, -0.25) is 19.2 Å². The monoisotopic (exact) mass is 866 g/mol. The first-order valence-electron chi connectivity index (χ1n) is 20.9. The molecule has 2 N–H and O–H groups in total. The summed E-state index contributed by atoms with van der Waals surface area (Å²) in [5.74, 6) is -7.03. The number of carboxylic acids is 1. The van der Waals surface area contributed by atoms with Gasteiger partial charge in [-0.15, -0.1) is 0 Å². The summed E-state index contributed by atoms with van der Waals surface area (Å²) in [4.78, 5) is 110. The molecule has 340 valence electrons. The average Bonchev–Trinajstić information content (AvgIpc) is 3.26. The van der Waals surface area contributed by atoms with Crippen molar-refractivity contribution in [2.75, 3.05) is 27.7 Å². The minimum absolute atomic E-state index is 0.0377. The van der Waals surface area contributed by atoms with E-state index in [-0.39, 0.29) is 38.1 Å². The molecule has 1 fully saturated rings. The van der Waals surface area contributed by atoms with Crippen molar-refractivity contribution in [3.05, 3.63) is 71.8 Å². The summed E-state index contributed by atoms with van der Waals surface area (Å²) in [5.41, 5.74) is 1.37. The second-order valence-electron chi connectivity index (χ2n) is 16.0. The van der Waals surface area contributed by atoms with E-state index in [2.05, 4.69) is 5.32 Å². The number of benzene rings is 2. The van der Waals surface area contributed by atoms with Gasteiger partial charge in [0.05, 0.1) is 0 Å². The quantitative estimate of drug-likeness (QED) is 0.136. The number of nitrogens with zero attached hydrogens (tertiary/aromatic N) is 3. The summed E-state index contributed by atoms with van der Waals surface area (Å²) >= 11 is 0. The number of amides is 3. The van der Waals surface area contributed by atoms with Crippen LogP contribution in [-0.4, -0.2) is 144 Å². The smallest absolute Gasteiger partial charge is 0.344 e. The summed E-state index contributed by atoms with van der Waals surface area (Å²) < 4.78 is 22.2. The molecule has 0 unspecified atom stereocenters. The minimum atomic E-state index is -1.45. The number of esters is 4. The normalized spacial score (nSPS) is 17.2. The third kappa shape index (κ3) is 14.4. The number of nitrogens with one attached hydrogen (secondary N) is 1. The van der Waals surface area contributed by atoms with Crippen LogP contribution in [0.15, 0.2) is 60.7 Å². The van der Waals surface area contributed by atoms with Crippen LogP contribution in [0.4, 0.5) is 0 Å². The number of carbonyl (C=O) groups excluding carboxylic acids is 7. The molecule has 0 aromatic heterocycles. The maximum Gasteiger partial charge on any atom is 0.344 e. The Morgan fingerprint density at radius 3 is 1.77 bits per heavy atom. The lowest BCUT2D eigenvalue weighted by Gasteiger charge is -2.37. The van der Waals surface area contributed by atoms with E-state index in [0.717, 1.165) is 15.4 Å². The molecule has 1 heterocycles. The van der Waals surface area contributed by atoms with Gasteiger partial charge in [-0.2, -0.15) is 0 Å². The number of likely N-dealkylation sites (tertiary alicyclic amines) is 1. The van der Waals surface area contributed by atoms with Gasteiger partial charge in [0, 0.05) is 33.5 Å². The zero-order valence-electron chi connectivity index (χ0n) is 37.1. The number of hydrogen-bond donors (Lipinski definition) is 2. The van der Waals surface area contributed by atoms with Crippen molar-refractivity contribution in [1.82, 2.24) is 20.0 Å². The maximum atomic E-state index is 14.3. The molecule has 1 aliphatic rings. The third-order valence-electron chi connectivity index (χ3n) is 10.8. The zero-order chi connectivity index (χ0) is 46.3. The molecule has 17 nitrogen and oxygen atoms in total. The molecule has 2 aromatic carbocycles. The Balaban J connectivity index is 1.80. The van der Waals surface area contributed by atoms with Gasteiger partial charge in [-0.25, -0.2) is 19.2 Å². The molecule has 17 heteroatoms. The first kappa shape index (κ1) is 50.5. The molecule has 3 rings (SSSR count). The predicted molar refractivity (Wildman–Crippen MR) is 225 cm³/mol. The molecule has 1 saturated heterocycles. The van der Waals surface area contributed by atoms with Crippen molar-refractivity contribution in [2.24, 2.45) is 5.92 Å². The van der Waals surface area contributed by atoms with Gasteiger partial charge in [0.1, 0.15) is 24.2 Å². The van der Waals surface area contributed by atoms with Gasteiger partial charge in [0.2, 0.25) is 0 Å². The standard InChI is InChI=1S/C45H62N4O13/c1-27(2)24-35(45(58)62-37(26-33-20-14-11-15-21-33)40(52)49-23-17-16-22-34(49)44(57)60-31(6)41(53)54)48(9)38(50)30(5)59-43(56)29(4)47(8)39(51)36(61-42(55)28(3)46-7)25-32-18-12-10-13-19-32/h10-15,18-21,27-31,34-37,46H,16-17,22-26H2,1-9H3,(H,53,54)/t28-,29-,30+,31+,34-,35-,36+,37+/m0/s1. The van der Waals surface area contributed by atoms with Crippen LogP contribution in [0.1, 0.15) is 78.4 Å². The Hall–Kier alpha value is -5.84. The van der Waals surface area contributed by atoms with Crippen LogP contribution >= 0.6 is 0 Å². The molecule has 3 amide bonds. The Morgan fingerprint density at radius 1 is 0.694 bits per heavy atom. The van der Waals surface area contributed by atoms with Crippen molar-refractivity contribution in [3.63, 3.8) is 0 Å². The topological polar surface area (TPSA) is 215 Å². The first-order chi connectivity index (χ1) is 29.3. The molecule has 0 aliphatic carbocycles. The van der Waals surface area contributed by atoms with Crippen LogP contribution in [0.5, 0.6) is 0 Å². The summed E-state index contributed by atoms with van der Waals surface area (Å²) in [6, 6.07) is 13.4. The molecule has 0 saturated carbocycles. The predicted octanol–water partition coefficient (Wildman–Crippen LogP) is 2.95. The fraction of sp³-hybridized carbons (Fsp3) is 0.556. The minimum Gasteiger partial charge on any atom is -0.479 e. The highest BCUT2D eigenvalue weighted by Crippen LogP contribution is 2.24. The van der Waals surface area contributed by atoms with E-state index in [1.807, 2.05) is 13.8 Å². The number of rotatable bonds is 21. The molecule has 62 heavy (non-hydrogen) atoms. The molecule has 8 atom stereocenters. The van der Waals surface area contributed by atoms with Gasteiger partial charge >= 0.3 is 29.8 Å². The highest BCUT2D eigenvalue weighted by molar-refractivity contribution is 5.93. The second kappa shape index (κ2) is 24.0. The lowest BCUT2D eigenvalue weighted by Crippen LogP contribution is -2.55. The molecular formula is C45H62N4O13. The third-order valence-corrected chi connectivity index (χ3v) is 10.8. The molecule has 2 aromatic rings. The Kier molecular flexibility index (Phi) is 19.5. The van der Waals surface area contributed by atoms with Crippen molar-refractivity contribution >= 4 is 47.6 Å². The van der Waals surface area contributed by atoms with E-state index in [1.165, 1.54) is 39.8 Å². The fourth-order valence-corrected chi connectivity index (χ4v) is 6.72. The molecule has 0 spiro atoms. The van der Waals surface area contributed by atoms with Gasteiger partial charge in [-0.1, -0.05) is 74.5 Å². The van der Waals surface area contributed by atoms with Crippen molar-refractivity contribution in [2.45, 2.75) is 129 Å². The number of aliphatic carboxylic acids is 1. The first-order valence-corrected chi connectivity index (χ1v) is 20.9. The summed E-state index contributed by atoms with van der Waals surface area (Å²) in [6.45, 7) is 9.30. The Morgan fingerprint density at radius 2 is 1.24 bits per heavy atom. The number of piperidine rings is 1. The van der Waals surface area contributed by atoms with Crippen LogP contribution in [0.3, 0.4) is 0 Å². The van der Waals surface area contributed by atoms with Crippen LogP contribution in [0.25, 0.3) is 0 Å². The lowest BCUT2D eigenvalue weighted by molar-refractivity contribution is -0.175. The number of hydrogen-bond acceptors (Lipinski definition) is 13. The highest BCUT2D eigenvalue weighted by atomic mass is 16.6. The second-order valence-corrected chi connectivity index (χ2v) is 16.0. The van der Waals surface area contributed by atoms with Gasteiger partial charge < -0.3 is 44.1 Å². The number of likely N-dealkylation sites (N-methyl/N-ethyl adjacent to an activating group) is 3. The Labute approximate surface area is 363 Å². The largest absolute Gasteiger partial charge is 0.479 e. The summed E-state index contributed by atoms with van der Waals surface area (Å²) in [5, 5.41) is 12.1. The van der Waals surface area contributed by atoms with Crippen LogP contribution in [0, 0.1) is 5.92 Å². The molecule has 0 radical (unpaired) electrons. The lowest BCUT2D eigenvalue weighted by atomic mass is 9.99. The van der Waals surface area contributed by atoms with Crippen molar-refractivity contribution in [3.8, 4) is 0 Å². The highest BCUT2D eigenvalue weighted by Gasteiger charge is 2.41. The van der Waals surface area contributed by atoms with Crippen molar-refractivity contribution < 1.29 is 62.4 Å². The van der Waals surface area contributed by atoms with E-state index in [4.69, 9.17) is 18.9 Å². The number of carbonyl (C=O) groups is 8. The van der Waals surface area contributed by atoms with E-state index in [1.54, 1.807) is 74.6 Å². The van der Waals surface area contributed by atoms with Gasteiger partial charge in [-0.05, 0) is 77.5 Å². The Bertz CT molecular complexity index is 1860. The zero-order valence-corrected chi connectivity index (χ0v) is 37.1. The average molecular weight is 867 g/mol. The van der Waals surface area contributed by atoms with E-state index in [0.29, 0.717) is 18.4 Å². The number of carboxylic acid groups (broad SMARTS) is 1. The SMILES string of the molecule is CN[C@@H](C)C(=O)O[C@H](Cc1ccccc1)C(=O)N(C)[C@@H](C)C(=O)O[C@H](C)C(=O)N(C)[C@@H](CC(C)C)C(=O)O[C@H](Cc1ccccc1)C(=O)N1CCCC[C@H]1C(=O)O[C@H](C)C(=O)O. The van der Waals surface area contributed by atoms with E-state index >= 15 is 0 Å². The summed E-state index contributed by atoms with van der Waals surface area (Å²) in [7, 11) is 4.28. The van der Waals surface area contributed by atoms with Crippen LogP contribution in [0.2, 0.25) is 0 Å². The van der Waals surface area contributed by atoms with Crippen molar-refractivity contribution in [1.29, 1.82) is 0 Å². The summed E-state index contributed by atoms with van der Waals surface area (Å²) in [6.07, 6.45) is -4.20. The van der Waals surface area contributed by atoms with E-state index < -0.39 is 96.2 Å². The molecular weight excluding hydrogens is 805 g/mol. The van der Waals surface area contributed by atoms with Gasteiger partial charge in [0.25, 0.3) is 17.7 Å². The van der Waals surface area contributed by atoms with Crippen LogP contribution < -0.4 is 5.32 Å². The van der Waals surface area contributed by atoms with E-state index in [9.17, 15) is 43.5 Å². The molecule has 0 bridgehead atoms.